The molecular weight excluding hydrogens is 269 g/mol. The maximum atomic E-state index is 12.8. The fourth-order valence-corrected chi connectivity index (χ4v) is 1.69. The van der Waals surface area contributed by atoms with E-state index >= 15 is 0 Å². The van der Waals surface area contributed by atoms with Crippen LogP contribution in [0.5, 0.6) is 5.75 Å². The zero-order chi connectivity index (χ0) is 14.6. The quantitative estimate of drug-likeness (QED) is 0.928. The minimum atomic E-state index is -4.43. The lowest BCUT2D eigenvalue weighted by Crippen LogP contribution is -2.08. The molecule has 20 heavy (non-hydrogen) atoms. The zero-order valence-corrected chi connectivity index (χ0v) is 10.7. The Bertz CT molecular complexity index is 585. The van der Waals surface area contributed by atoms with Crippen molar-refractivity contribution in [2.45, 2.75) is 12.8 Å². The molecule has 0 radical (unpaired) electrons. The summed E-state index contributed by atoms with van der Waals surface area (Å²) in [5, 5.41) is 2.85. The molecule has 1 heterocycles. The van der Waals surface area contributed by atoms with Crippen molar-refractivity contribution in [1.29, 1.82) is 0 Å². The molecular formula is C14H13F3N2O. The molecule has 6 heteroatoms. The Hall–Kier alpha value is -2.24. The topological polar surface area (TPSA) is 34.1 Å². The van der Waals surface area contributed by atoms with Crippen LogP contribution in [0.15, 0.2) is 42.6 Å². The average molecular weight is 282 g/mol. The van der Waals surface area contributed by atoms with Gasteiger partial charge in [0.25, 0.3) is 0 Å². The van der Waals surface area contributed by atoms with E-state index in [4.69, 9.17) is 4.74 Å². The Morgan fingerprint density at radius 2 is 1.95 bits per heavy atom. The molecule has 0 saturated carbocycles. The number of benzene rings is 1. The van der Waals surface area contributed by atoms with Crippen LogP contribution in [-0.2, 0) is 12.8 Å². The molecule has 106 valence electrons. The van der Waals surface area contributed by atoms with Gasteiger partial charge in [0.1, 0.15) is 18.2 Å². The highest BCUT2D eigenvalue weighted by molar-refractivity contribution is 5.38. The molecule has 0 aliphatic carbocycles. The van der Waals surface area contributed by atoms with Gasteiger partial charge in [-0.2, -0.15) is 13.2 Å². The van der Waals surface area contributed by atoms with E-state index in [9.17, 15) is 13.2 Å². The average Bonchev–Trinajstić information content (AvgIpc) is 2.44. The highest BCUT2D eigenvalue weighted by Gasteiger charge is 2.33. The summed E-state index contributed by atoms with van der Waals surface area (Å²) in [5.41, 5.74) is -0.0378. The van der Waals surface area contributed by atoms with Crippen LogP contribution in [-0.4, -0.2) is 12.0 Å². The normalized spacial score (nSPS) is 11.2. The van der Waals surface area contributed by atoms with Gasteiger partial charge in [-0.15, -0.1) is 0 Å². The maximum Gasteiger partial charge on any atom is 0.419 e. The predicted octanol–water partition coefficient (Wildman–Crippen LogP) is 3.72. The van der Waals surface area contributed by atoms with Crippen molar-refractivity contribution in [2.75, 3.05) is 12.4 Å². The Morgan fingerprint density at radius 3 is 2.65 bits per heavy atom. The van der Waals surface area contributed by atoms with Crippen molar-refractivity contribution in [1.82, 2.24) is 4.98 Å². The van der Waals surface area contributed by atoms with E-state index in [2.05, 4.69) is 10.3 Å². The first-order valence-corrected chi connectivity index (χ1v) is 5.92. The molecule has 0 unspecified atom stereocenters. The highest BCUT2D eigenvalue weighted by atomic mass is 19.4. The lowest BCUT2D eigenvalue weighted by Gasteiger charge is -2.13. The molecule has 0 spiro atoms. The number of hydrogen-bond donors (Lipinski definition) is 1. The van der Waals surface area contributed by atoms with Gasteiger partial charge in [0.15, 0.2) is 0 Å². The number of nitrogens with zero attached hydrogens (tertiary/aromatic N) is 1. The smallest absolute Gasteiger partial charge is 0.419 e. The summed E-state index contributed by atoms with van der Waals surface area (Å²) in [6, 6.07) is 8.56. The standard InChI is InChI=1S/C14H13F3N2O/c1-18-13-8-10(6-7-19-13)9-20-12-5-3-2-4-11(12)14(15,16)17/h2-8H,9H2,1H3,(H,18,19). The van der Waals surface area contributed by atoms with Gasteiger partial charge in [0, 0.05) is 13.2 Å². The molecule has 0 amide bonds. The molecule has 3 nitrogen and oxygen atoms in total. The van der Waals surface area contributed by atoms with E-state index in [-0.39, 0.29) is 12.4 Å². The predicted molar refractivity (Wildman–Crippen MR) is 69.6 cm³/mol. The molecule has 0 atom stereocenters. The Balaban J connectivity index is 2.15. The molecule has 2 rings (SSSR count). The SMILES string of the molecule is CNc1cc(COc2ccccc2C(F)(F)F)ccn1. The number of halogens is 3. The van der Waals surface area contributed by atoms with E-state index in [1.807, 2.05) is 0 Å². The molecule has 0 saturated heterocycles. The van der Waals surface area contributed by atoms with Gasteiger partial charge in [-0.25, -0.2) is 4.98 Å². The molecule has 0 fully saturated rings. The molecule has 1 aromatic heterocycles. The van der Waals surface area contributed by atoms with Crippen molar-refractivity contribution >= 4 is 5.82 Å². The van der Waals surface area contributed by atoms with E-state index < -0.39 is 11.7 Å². The van der Waals surface area contributed by atoms with Crippen molar-refractivity contribution < 1.29 is 17.9 Å². The Morgan fingerprint density at radius 1 is 1.20 bits per heavy atom. The van der Waals surface area contributed by atoms with Crippen molar-refractivity contribution in [2.24, 2.45) is 0 Å². The van der Waals surface area contributed by atoms with Crippen LogP contribution < -0.4 is 10.1 Å². The highest BCUT2D eigenvalue weighted by Crippen LogP contribution is 2.36. The fraction of sp³-hybridized carbons (Fsp3) is 0.214. The fourth-order valence-electron chi connectivity index (χ4n) is 1.69. The first kappa shape index (κ1) is 14.2. The largest absolute Gasteiger partial charge is 0.488 e. The second-order valence-electron chi connectivity index (χ2n) is 4.08. The Labute approximate surface area is 114 Å². The van der Waals surface area contributed by atoms with E-state index in [1.54, 1.807) is 25.4 Å². The van der Waals surface area contributed by atoms with Gasteiger partial charge in [-0.1, -0.05) is 12.1 Å². The lowest BCUT2D eigenvalue weighted by atomic mass is 10.2. The number of ether oxygens (including phenoxy) is 1. The summed E-state index contributed by atoms with van der Waals surface area (Å²) in [5.74, 6) is 0.457. The van der Waals surface area contributed by atoms with Crippen LogP contribution in [0.1, 0.15) is 11.1 Å². The summed E-state index contributed by atoms with van der Waals surface area (Å²) >= 11 is 0. The number of alkyl halides is 3. The second-order valence-corrected chi connectivity index (χ2v) is 4.08. The van der Waals surface area contributed by atoms with Crippen molar-refractivity contribution in [3.05, 3.63) is 53.7 Å². The minimum Gasteiger partial charge on any atom is -0.488 e. The summed E-state index contributed by atoms with van der Waals surface area (Å²) in [6.07, 6.45) is -2.86. The van der Waals surface area contributed by atoms with E-state index in [1.165, 1.54) is 18.2 Å². The number of para-hydroxylation sites is 1. The molecule has 0 aliphatic heterocycles. The Kier molecular flexibility index (Phi) is 4.12. The number of rotatable bonds is 4. The van der Waals surface area contributed by atoms with Crippen LogP contribution in [0.2, 0.25) is 0 Å². The summed E-state index contributed by atoms with van der Waals surface area (Å²) < 4.78 is 43.7. The zero-order valence-electron chi connectivity index (χ0n) is 10.7. The lowest BCUT2D eigenvalue weighted by molar-refractivity contribution is -0.139. The van der Waals surface area contributed by atoms with Crippen molar-refractivity contribution in [3.63, 3.8) is 0 Å². The molecule has 0 aliphatic rings. The van der Waals surface area contributed by atoms with Gasteiger partial charge < -0.3 is 10.1 Å². The first-order valence-electron chi connectivity index (χ1n) is 5.92. The minimum absolute atomic E-state index is 0.0459. The second kappa shape index (κ2) is 5.81. The van der Waals surface area contributed by atoms with Crippen LogP contribution in [0.3, 0.4) is 0 Å². The number of hydrogen-bond acceptors (Lipinski definition) is 3. The maximum absolute atomic E-state index is 12.8. The van der Waals surface area contributed by atoms with Crippen LogP contribution >= 0.6 is 0 Å². The summed E-state index contributed by atoms with van der Waals surface area (Å²) in [6.45, 7) is 0.0459. The number of aromatic nitrogens is 1. The summed E-state index contributed by atoms with van der Waals surface area (Å²) in [7, 11) is 1.71. The third-order valence-electron chi connectivity index (χ3n) is 2.67. The summed E-state index contributed by atoms with van der Waals surface area (Å²) in [4.78, 5) is 4.02. The van der Waals surface area contributed by atoms with Gasteiger partial charge in [-0.05, 0) is 29.8 Å². The third kappa shape index (κ3) is 3.40. The van der Waals surface area contributed by atoms with Gasteiger partial charge >= 0.3 is 6.18 Å². The van der Waals surface area contributed by atoms with E-state index in [0.29, 0.717) is 5.82 Å². The first-order chi connectivity index (χ1) is 9.50. The monoisotopic (exact) mass is 282 g/mol. The van der Waals surface area contributed by atoms with Gasteiger partial charge in [-0.3, -0.25) is 0 Å². The van der Waals surface area contributed by atoms with Crippen molar-refractivity contribution in [3.8, 4) is 5.75 Å². The number of nitrogens with one attached hydrogen (secondary N) is 1. The van der Waals surface area contributed by atoms with E-state index in [0.717, 1.165) is 11.6 Å². The molecule has 2 aromatic rings. The molecule has 1 N–H and O–H groups in total. The van der Waals surface area contributed by atoms with Crippen LogP contribution in [0.4, 0.5) is 19.0 Å². The van der Waals surface area contributed by atoms with Gasteiger partial charge in [0.2, 0.25) is 0 Å². The number of anilines is 1. The molecule has 0 bridgehead atoms. The molecule has 1 aromatic carbocycles. The number of pyridine rings is 1. The van der Waals surface area contributed by atoms with Gasteiger partial charge in [0.05, 0.1) is 5.56 Å². The third-order valence-corrected chi connectivity index (χ3v) is 2.67. The van der Waals surface area contributed by atoms with Crippen LogP contribution in [0.25, 0.3) is 0 Å². The van der Waals surface area contributed by atoms with Crippen LogP contribution in [0, 0.1) is 0 Å².